The maximum Gasteiger partial charge on any atom is 0.178 e. The molecule has 1 aromatic heterocycles. The molecule has 1 aromatic carbocycles. The van der Waals surface area contributed by atoms with Gasteiger partial charge in [-0.3, -0.25) is 0 Å². The van der Waals surface area contributed by atoms with E-state index in [0.717, 1.165) is 34.2 Å². The largest absolute Gasteiger partial charge is 0.331 e. The number of aromatic nitrogens is 2. The summed E-state index contributed by atoms with van der Waals surface area (Å²) in [6.07, 6.45) is 6.62. The molecule has 0 bridgehead atoms. The van der Waals surface area contributed by atoms with Gasteiger partial charge in [0.1, 0.15) is 0 Å². The first-order chi connectivity index (χ1) is 10.0. The van der Waals surface area contributed by atoms with Gasteiger partial charge < -0.3 is 9.55 Å². The number of hydrogen-bond acceptors (Lipinski definition) is 1. The van der Waals surface area contributed by atoms with Crippen molar-refractivity contribution in [2.75, 3.05) is 0 Å². The molecule has 0 atom stereocenters. The summed E-state index contributed by atoms with van der Waals surface area (Å²) in [6, 6.07) is 3.77. The first-order valence-corrected chi connectivity index (χ1v) is 8.78. The highest BCUT2D eigenvalue weighted by Gasteiger charge is 2.18. The van der Waals surface area contributed by atoms with E-state index >= 15 is 0 Å². The maximum absolute atomic E-state index is 6.14. The van der Waals surface area contributed by atoms with Crippen LogP contribution in [0.3, 0.4) is 0 Å². The molecule has 2 aromatic rings. The van der Waals surface area contributed by atoms with Crippen molar-refractivity contribution >= 4 is 46.5 Å². The van der Waals surface area contributed by atoms with Gasteiger partial charge in [-0.2, -0.15) is 0 Å². The van der Waals surface area contributed by atoms with Gasteiger partial charge in [-0.05, 0) is 42.6 Å². The predicted molar refractivity (Wildman–Crippen MR) is 92.9 cm³/mol. The quantitative estimate of drug-likeness (QED) is 0.656. The summed E-state index contributed by atoms with van der Waals surface area (Å²) in [7, 11) is 0. The zero-order valence-corrected chi connectivity index (χ0v) is 14.5. The highest BCUT2D eigenvalue weighted by Crippen LogP contribution is 2.32. The first kappa shape index (κ1) is 15.4. The third-order valence-electron chi connectivity index (χ3n) is 4.71. The van der Waals surface area contributed by atoms with Gasteiger partial charge in [-0.1, -0.05) is 55.8 Å². The highest BCUT2D eigenvalue weighted by molar-refractivity contribution is 7.71. The lowest BCUT2D eigenvalue weighted by atomic mass is 9.81. The summed E-state index contributed by atoms with van der Waals surface area (Å²) in [5.41, 5.74) is 2.02. The fourth-order valence-electron chi connectivity index (χ4n) is 3.30. The molecule has 5 heteroatoms. The highest BCUT2D eigenvalue weighted by atomic mass is 35.5. The minimum atomic E-state index is 0.564. The third-order valence-corrected chi connectivity index (χ3v) is 5.76. The van der Waals surface area contributed by atoms with Crippen LogP contribution in [0.4, 0.5) is 0 Å². The summed E-state index contributed by atoms with van der Waals surface area (Å²) in [6.45, 7) is 3.31. The molecule has 0 spiro atoms. The van der Waals surface area contributed by atoms with Gasteiger partial charge in [0.2, 0.25) is 0 Å². The van der Waals surface area contributed by atoms with E-state index in [9.17, 15) is 0 Å². The molecular formula is C16H20Cl2N2S. The Hall–Kier alpha value is -0.510. The number of rotatable bonds is 3. The fraction of sp³-hybridized carbons (Fsp3) is 0.562. The molecule has 0 amide bonds. The van der Waals surface area contributed by atoms with Gasteiger partial charge in [-0.15, -0.1) is 0 Å². The standard InChI is InChI=1S/C16H20Cl2N2S/c1-10-2-4-11(5-3-10)6-7-20-15-9-13(18)12(17)8-14(15)19-16(20)21/h8-11H,2-7H2,1H3,(H,19,21). The first-order valence-electron chi connectivity index (χ1n) is 7.62. The summed E-state index contributed by atoms with van der Waals surface area (Å²) < 4.78 is 2.91. The van der Waals surface area contributed by atoms with E-state index in [1.807, 2.05) is 12.1 Å². The number of aryl methyl sites for hydroxylation is 1. The lowest BCUT2D eigenvalue weighted by molar-refractivity contribution is 0.269. The summed E-state index contributed by atoms with van der Waals surface area (Å²) in [5.74, 6) is 1.73. The number of aromatic amines is 1. The van der Waals surface area contributed by atoms with Crippen molar-refractivity contribution in [3.8, 4) is 0 Å². The van der Waals surface area contributed by atoms with E-state index in [-0.39, 0.29) is 0 Å². The van der Waals surface area contributed by atoms with E-state index in [1.54, 1.807) is 0 Å². The number of nitrogens with zero attached hydrogens (tertiary/aromatic N) is 1. The molecule has 0 saturated heterocycles. The van der Waals surface area contributed by atoms with Crippen LogP contribution < -0.4 is 0 Å². The van der Waals surface area contributed by atoms with E-state index in [0.29, 0.717) is 10.0 Å². The van der Waals surface area contributed by atoms with Gasteiger partial charge in [0.15, 0.2) is 4.77 Å². The van der Waals surface area contributed by atoms with Crippen LogP contribution in [0.25, 0.3) is 11.0 Å². The fourth-order valence-corrected chi connectivity index (χ4v) is 3.92. The van der Waals surface area contributed by atoms with Crippen molar-refractivity contribution in [2.24, 2.45) is 11.8 Å². The number of nitrogens with one attached hydrogen (secondary N) is 1. The number of fused-ring (bicyclic) bond motifs is 1. The van der Waals surface area contributed by atoms with Gasteiger partial charge >= 0.3 is 0 Å². The molecule has 1 heterocycles. The number of imidazole rings is 1. The molecule has 3 rings (SSSR count). The van der Waals surface area contributed by atoms with Crippen LogP contribution in [0.1, 0.15) is 39.0 Å². The van der Waals surface area contributed by atoms with Gasteiger partial charge in [-0.25, -0.2) is 0 Å². The van der Waals surface area contributed by atoms with Gasteiger partial charge in [0, 0.05) is 6.54 Å². The minimum Gasteiger partial charge on any atom is -0.331 e. The van der Waals surface area contributed by atoms with Crippen LogP contribution in [0.2, 0.25) is 10.0 Å². The van der Waals surface area contributed by atoms with Crippen molar-refractivity contribution in [1.82, 2.24) is 9.55 Å². The van der Waals surface area contributed by atoms with Crippen molar-refractivity contribution in [3.63, 3.8) is 0 Å². The summed E-state index contributed by atoms with van der Waals surface area (Å²) in [5, 5.41) is 1.15. The normalized spacial score (nSPS) is 22.8. The second-order valence-corrected chi connectivity index (χ2v) is 7.48. The Morgan fingerprint density at radius 3 is 2.57 bits per heavy atom. The lowest BCUT2D eigenvalue weighted by Crippen LogP contribution is -2.14. The van der Waals surface area contributed by atoms with Crippen molar-refractivity contribution in [2.45, 2.75) is 45.6 Å². The average Bonchev–Trinajstić information content (AvgIpc) is 2.74. The van der Waals surface area contributed by atoms with E-state index in [2.05, 4.69) is 16.5 Å². The van der Waals surface area contributed by atoms with E-state index in [4.69, 9.17) is 35.4 Å². The molecule has 1 fully saturated rings. The van der Waals surface area contributed by atoms with Crippen LogP contribution in [-0.4, -0.2) is 9.55 Å². The van der Waals surface area contributed by atoms with E-state index < -0.39 is 0 Å². The third kappa shape index (κ3) is 3.30. The predicted octanol–water partition coefficient (Wildman–Crippen LogP) is 6.22. The Morgan fingerprint density at radius 1 is 1.19 bits per heavy atom. The lowest BCUT2D eigenvalue weighted by Gasteiger charge is -2.26. The molecule has 0 unspecified atom stereocenters. The zero-order chi connectivity index (χ0) is 15.0. The topological polar surface area (TPSA) is 20.7 Å². The van der Waals surface area contributed by atoms with Crippen LogP contribution in [0, 0.1) is 16.6 Å². The molecule has 0 aliphatic heterocycles. The molecule has 1 aliphatic carbocycles. The minimum absolute atomic E-state index is 0.564. The molecule has 1 saturated carbocycles. The molecule has 21 heavy (non-hydrogen) atoms. The van der Waals surface area contributed by atoms with E-state index in [1.165, 1.54) is 32.1 Å². The van der Waals surface area contributed by atoms with Crippen LogP contribution >= 0.6 is 35.4 Å². The second-order valence-electron chi connectivity index (χ2n) is 6.28. The summed E-state index contributed by atoms with van der Waals surface area (Å²) in [4.78, 5) is 3.22. The van der Waals surface area contributed by atoms with Crippen molar-refractivity contribution in [1.29, 1.82) is 0 Å². The van der Waals surface area contributed by atoms with Crippen LogP contribution in [0.15, 0.2) is 12.1 Å². The van der Waals surface area contributed by atoms with Gasteiger partial charge in [0.05, 0.1) is 21.1 Å². The molecule has 114 valence electrons. The molecular weight excluding hydrogens is 323 g/mol. The average molecular weight is 343 g/mol. The zero-order valence-electron chi connectivity index (χ0n) is 12.2. The Labute approximate surface area is 140 Å². The van der Waals surface area contributed by atoms with Crippen LogP contribution in [0.5, 0.6) is 0 Å². The Kier molecular flexibility index (Phi) is 4.63. The number of hydrogen-bond donors (Lipinski definition) is 1. The van der Waals surface area contributed by atoms with Crippen LogP contribution in [-0.2, 0) is 6.54 Å². The maximum atomic E-state index is 6.14. The number of H-pyrrole nitrogens is 1. The van der Waals surface area contributed by atoms with Gasteiger partial charge in [0.25, 0.3) is 0 Å². The van der Waals surface area contributed by atoms with Crippen molar-refractivity contribution < 1.29 is 0 Å². The SMILES string of the molecule is CC1CCC(CCn2c(=S)[nH]c3cc(Cl)c(Cl)cc32)CC1. The number of halogens is 2. The monoisotopic (exact) mass is 342 g/mol. The molecule has 1 aliphatic rings. The number of benzene rings is 1. The molecule has 2 nitrogen and oxygen atoms in total. The smallest absolute Gasteiger partial charge is 0.178 e. The molecule has 1 N–H and O–H groups in total. The second kappa shape index (κ2) is 6.31. The summed E-state index contributed by atoms with van der Waals surface area (Å²) >= 11 is 17.7. The Morgan fingerprint density at radius 2 is 1.86 bits per heavy atom. The van der Waals surface area contributed by atoms with Crippen molar-refractivity contribution in [3.05, 3.63) is 26.9 Å². The Bertz CT molecular complexity index is 696. The Balaban J connectivity index is 1.79. The molecule has 0 radical (unpaired) electrons.